The molecule has 2 atom stereocenters. The van der Waals surface area contributed by atoms with E-state index in [1.165, 1.54) is 16.0 Å². The largest absolute Gasteiger partial charge is 0.467 e. The van der Waals surface area contributed by atoms with Crippen LogP contribution in [0, 0.1) is 13.8 Å². The summed E-state index contributed by atoms with van der Waals surface area (Å²) in [6.45, 7) is 6.14. The standard InChI is InChI=1S/C15H20N2O3S/c1-9-7-12(11(3)21-9)10(2)17-15(19)16-8-13(18)14-5-4-6-20-14/h4-7,10,13,18H,8H2,1-3H3,(H2,16,17,19). The quantitative estimate of drug-likeness (QED) is 0.794. The molecule has 2 aromatic rings. The van der Waals surface area contributed by atoms with Crippen molar-refractivity contribution in [2.75, 3.05) is 6.54 Å². The fourth-order valence-electron chi connectivity index (χ4n) is 2.18. The molecular formula is C15H20N2O3S. The number of urea groups is 1. The number of thiophene rings is 1. The van der Waals surface area contributed by atoms with Gasteiger partial charge in [-0.15, -0.1) is 11.3 Å². The lowest BCUT2D eigenvalue weighted by atomic mass is 10.1. The molecule has 0 aliphatic rings. The molecule has 114 valence electrons. The first kappa shape index (κ1) is 15.6. The average Bonchev–Trinajstić information content (AvgIpc) is 3.05. The van der Waals surface area contributed by atoms with Gasteiger partial charge in [0.05, 0.1) is 18.8 Å². The summed E-state index contributed by atoms with van der Waals surface area (Å²) < 4.78 is 5.08. The van der Waals surface area contributed by atoms with Crippen molar-refractivity contribution in [3.8, 4) is 0 Å². The van der Waals surface area contributed by atoms with Gasteiger partial charge in [-0.1, -0.05) is 0 Å². The van der Waals surface area contributed by atoms with E-state index in [1.54, 1.807) is 23.5 Å². The smallest absolute Gasteiger partial charge is 0.315 e. The molecule has 0 saturated heterocycles. The van der Waals surface area contributed by atoms with Crippen LogP contribution in [-0.4, -0.2) is 17.7 Å². The summed E-state index contributed by atoms with van der Waals surface area (Å²) in [5, 5.41) is 15.3. The van der Waals surface area contributed by atoms with Crippen molar-refractivity contribution >= 4 is 17.4 Å². The summed E-state index contributed by atoms with van der Waals surface area (Å²) in [5.41, 5.74) is 1.12. The minimum atomic E-state index is -0.841. The van der Waals surface area contributed by atoms with Crippen LogP contribution >= 0.6 is 11.3 Å². The summed E-state index contributed by atoms with van der Waals surface area (Å²) >= 11 is 1.72. The van der Waals surface area contributed by atoms with Crippen molar-refractivity contribution < 1.29 is 14.3 Å². The predicted molar refractivity (Wildman–Crippen MR) is 82.4 cm³/mol. The van der Waals surface area contributed by atoms with Crippen LogP contribution in [0.2, 0.25) is 0 Å². The van der Waals surface area contributed by atoms with Crippen molar-refractivity contribution in [2.24, 2.45) is 0 Å². The average molecular weight is 308 g/mol. The molecule has 6 heteroatoms. The Kier molecular flexibility index (Phi) is 5.03. The number of hydrogen-bond donors (Lipinski definition) is 3. The molecular weight excluding hydrogens is 288 g/mol. The number of furan rings is 1. The number of aliphatic hydroxyl groups is 1. The molecule has 0 saturated carbocycles. The molecule has 0 aromatic carbocycles. The maximum Gasteiger partial charge on any atom is 0.315 e. The van der Waals surface area contributed by atoms with E-state index in [1.807, 2.05) is 20.8 Å². The molecule has 2 unspecified atom stereocenters. The number of rotatable bonds is 5. The monoisotopic (exact) mass is 308 g/mol. The normalized spacial score (nSPS) is 13.7. The molecule has 3 N–H and O–H groups in total. The maximum absolute atomic E-state index is 11.9. The molecule has 0 radical (unpaired) electrons. The second-order valence-electron chi connectivity index (χ2n) is 4.98. The summed E-state index contributed by atoms with van der Waals surface area (Å²) in [6.07, 6.45) is 0.647. The van der Waals surface area contributed by atoms with Gasteiger partial charge in [-0.25, -0.2) is 4.79 Å². The summed E-state index contributed by atoms with van der Waals surface area (Å²) in [5.74, 6) is 0.438. The molecule has 21 heavy (non-hydrogen) atoms. The Morgan fingerprint density at radius 2 is 2.24 bits per heavy atom. The first-order valence-corrected chi connectivity index (χ1v) is 7.61. The molecule has 0 bridgehead atoms. The van der Waals surface area contributed by atoms with Gasteiger partial charge in [0, 0.05) is 9.75 Å². The van der Waals surface area contributed by atoms with Gasteiger partial charge in [-0.3, -0.25) is 0 Å². The van der Waals surface area contributed by atoms with Crippen molar-refractivity contribution in [3.63, 3.8) is 0 Å². The third kappa shape index (κ3) is 4.09. The van der Waals surface area contributed by atoms with Gasteiger partial charge in [0.15, 0.2) is 0 Å². The number of carbonyl (C=O) groups is 1. The van der Waals surface area contributed by atoms with E-state index in [0.29, 0.717) is 5.76 Å². The Labute approximate surface area is 128 Å². The predicted octanol–water partition coefficient (Wildman–Crippen LogP) is 3.05. The molecule has 2 amide bonds. The van der Waals surface area contributed by atoms with Crippen LogP contribution < -0.4 is 10.6 Å². The van der Waals surface area contributed by atoms with Gasteiger partial charge >= 0.3 is 6.03 Å². The second-order valence-corrected chi connectivity index (χ2v) is 6.44. The number of hydrogen-bond acceptors (Lipinski definition) is 4. The number of carbonyl (C=O) groups excluding carboxylic acids is 1. The lowest BCUT2D eigenvalue weighted by Gasteiger charge is -2.16. The fourth-order valence-corrected chi connectivity index (χ4v) is 3.20. The summed E-state index contributed by atoms with van der Waals surface area (Å²) in [7, 11) is 0. The third-order valence-electron chi connectivity index (χ3n) is 3.22. The van der Waals surface area contributed by atoms with Crippen molar-refractivity contribution in [2.45, 2.75) is 32.9 Å². The van der Waals surface area contributed by atoms with E-state index in [-0.39, 0.29) is 18.6 Å². The highest BCUT2D eigenvalue weighted by atomic mass is 32.1. The molecule has 2 heterocycles. The Bertz CT molecular complexity index is 592. The van der Waals surface area contributed by atoms with Crippen LogP contribution in [0.5, 0.6) is 0 Å². The fraction of sp³-hybridized carbons (Fsp3) is 0.400. The molecule has 0 fully saturated rings. The van der Waals surface area contributed by atoms with E-state index in [4.69, 9.17) is 4.42 Å². The van der Waals surface area contributed by atoms with E-state index in [9.17, 15) is 9.90 Å². The zero-order chi connectivity index (χ0) is 15.4. The molecule has 0 aliphatic carbocycles. The van der Waals surface area contributed by atoms with Crippen molar-refractivity contribution in [1.82, 2.24) is 10.6 Å². The van der Waals surface area contributed by atoms with Gasteiger partial charge in [-0.05, 0) is 44.5 Å². The lowest BCUT2D eigenvalue weighted by molar-refractivity contribution is 0.147. The molecule has 5 nitrogen and oxygen atoms in total. The van der Waals surface area contributed by atoms with Gasteiger partial charge in [0.2, 0.25) is 0 Å². The molecule has 0 aliphatic heterocycles. The minimum Gasteiger partial charge on any atom is -0.467 e. The van der Waals surface area contributed by atoms with Gasteiger partial charge < -0.3 is 20.2 Å². The van der Waals surface area contributed by atoms with Gasteiger partial charge in [0.25, 0.3) is 0 Å². The summed E-state index contributed by atoms with van der Waals surface area (Å²) in [6, 6.07) is 5.07. The van der Waals surface area contributed by atoms with Crippen LogP contribution in [0.4, 0.5) is 4.79 Å². The Morgan fingerprint density at radius 3 is 2.81 bits per heavy atom. The van der Waals surface area contributed by atoms with Gasteiger partial charge in [-0.2, -0.15) is 0 Å². The summed E-state index contributed by atoms with van der Waals surface area (Å²) in [4.78, 5) is 14.3. The van der Waals surface area contributed by atoms with Crippen LogP contribution in [0.1, 0.15) is 40.1 Å². The third-order valence-corrected chi connectivity index (χ3v) is 4.20. The van der Waals surface area contributed by atoms with Crippen molar-refractivity contribution in [1.29, 1.82) is 0 Å². The number of nitrogens with one attached hydrogen (secondary N) is 2. The zero-order valence-electron chi connectivity index (χ0n) is 12.3. The minimum absolute atomic E-state index is 0.0734. The highest BCUT2D eigenvalue weighted by molar-refractivity contribution is 7.12. The van der Waals surface area contributed by atoms with Crippen molar-refractivity contribution in [3.05, 3.63) is 45.5 Å². The van der Waals surface area contributed by atoms with Gasteiger partial charge in [0.1, 0.15) is 11.9 Å². The number of aliphatic hydroxyl groups excluding tert-OH is 1. The Morgan fingerprint density at radius 1 is 1.48 bits per heavy atom. The highest BCUT2D eigenvalue weighted by Gasteiger charge is 2.15. The van der Waals surface area contributed by atoms with E-state index >= 15 is 0 Å². The van der Waals surface area contributed by atoms with Crippen LogP contribution in [0.15, 0.2) is 28.9 Å². The Balaban J connectivity index is 1.83. The second kappa shape index (κ2) is 6.78. The zero-order valence-corrected chi connectivity index (χ0v) is 13.2. The van der Waals surface area contributed by atoms with Crippen LogP contribution in [-0.2, 0) is 0 Å². The molecule has 0 spiro atoms. The maximum atomic E-state index is 11.9. The van der Waals surface area contributed by atoms with Crippen LogP contribution in [0.3, 0.4) is 0 Å². The lowest BCUT2D eigenvalue weighted by Crippen LogP contribution is -2.39. The van der Waals surface area contributed by atoms with E-state index in [2.05, 4.69) is 16.7 Å². The topological polar surface area (TPSA) is 74.5 Å². The SMILES string of the molecule is Cc1cc(C(C)NC(=O)NCC(O)c2ccco2)c(C)s1. The van der Waals surface area contributed by atoms with Crippen LogP contribution in [0.25, 0.3) is 0 Å². The number of amides is 2. The highest BCUT2D eigenvalue weighted by Crippen LogP contribution is 2.25. The van der Waals surface area contributed by atoms with E-state index < -0.39 is 6.10 Å². The first-order valence-electron chi connectivity index (χ1n) is 6.80. The first-order chi connectivity index (χ1) is 9.97. The Hall–Kier alpha value is -1.79. The number of aryl methyl sites for hydroxylation is 2. The molecule has 2 rings (SSSR count). The molecule has 2 aromatic heterocycles. The van der Waals surface area contributed by atoms with E-state index in [0.717, 1.165) is 5.56 Å².